The molecule has 0 atom stereocenters. The van der Waals surface area contributed by atoms with Gasteiger partial charge in [0.15, 0.2) is 0 Å². The van der Waals surface area contributed by atoms with Crippen molar-refractivity contribution in [3.63, 3.8) is 0 Å². The number of hydrogen-bond donors (Lipinski definition) is 1. The molecule has 0 spiro atoms. The van der Waals surface area contributed by atoms with Gasteiger partial charge in [-0.3, -0.25) is 4.57 Å². The number of fused-ring (bicyclic) bond motifs is 1. The van der Waals surface area contributed by atoms with E-state index in [9.17, 15) is 17.2 Å². The summed E-state index contributed by atoms with van der Waals surface area (Å²) >= 11 is 0. The van der Waals surface area contributed by atoms with E-state index in [2.05, 4.69) is 19.7 Å². The molecular formula is C19H17F3N6O5S. The molecule has 11 nitrogen and oxygen atoms in total. The Morgan fingerprint density at radius 3 is 2.26 bits per heavy atom. The van der Waals surface area contributed by atoms with Crippen LogP contribution in [0.5, 0.6) is 17.5 Å². The zero-order chi connectivity index (χ0) is 24.8. The molecule has 0 radical (unpaired) electrons. The predicted molar refractivity (Wildman–Crippen MR) is 112 cm³/mol. The molecule has 0 bridgehead atoms. The first-order chi connectivity index (χ1) is 16.1. The Balaban J connectivity index is 2.13. The second-order valence-electron chi connectivity index (χ2n) is 6.84. The van der Waals surface area contributed by atoms with E-state index in [1.807, 2.05) is 0 Å². The number of sulfonamides is 1. The summed E-state index contributed by atoms with van der Waals surface area (Å²) in [4.78, 5) is 11.9. The zero-order valence-corrected chi connectivity index (χ0v) is 18.7. The second-order valence-corrected chi connectivity index (χ2v) is 8.37. The van der Waals surface area contributed by atoms with Crippen molar-refractivity contribution in [3.8, 4) is 34.8 Å². The summed E-state index contributed by atoms with van der Waals surface area (Å²) < 4.78 is 82.7. The van der Waals surface area contributed by atoms with Crippen molar-refractivity contribution in [2.24, 2.45) is 12.2 Å². The quantitative estimate of drug-likeness (QED) is 0.410. The monoisotopic (exact) mass is 498 g/mol. The summed E-state index contributed by atoms with van der Waals surface area (Å²) in [6.07, 6.45) is 4.08. The molecule has 1 aromatic carbocycles. The summed E-state index contributed by atoms with van der Waals surface area (Å²) in [5.74, 6) is -2.30. The predicted octanol–water partition coefficient (Wildman–Crippen LogP) is 2.23. The number of nitrogens with two attached hydrogens (primary N) is 1. The van der Waals surface area contributed by atoms with Gasteiger partial charge in [0, 0.05) is 31.0 Å². The van der Waals surface area contributed by atoms with Crippen LogP contribution in [0.3, 0.4) is 0 Å². The number of imidazole rings is 1. The van der Waals surface area contributed by atoms with Crippen molar-refractivity contribution in [3.05, 3.63) is 36.5 Å². The fraction of sp³-hybridized carbons (Fsp3) is 0.211. The highest BCUT2D eigenvalue weighted by Crippen LogP contribution is 2.39. The maximum atomic E-state index is 15.1. The molecule has 0 aliphatic rings. The molecule has 0 saturated carbocycles. The fourth-order valence-electron chi connectivity index (χ4n) is 3.44. The third kappa shape index (κ3) is 3.88. The van der Waals surface area contributed by atoms with Crippen LogP contribution >= 0.6 is 0 Å². The van der Waals surface area contributed by atoms with Gasteiger partial charge in [-0.25, -0.2) is 22.9 Å². The lowest BCUT2D eigenvalue weighted by Gasteiger charge is -2.15. The molecule has 0 amide bonds. The third-order valence-electron chi connectivity index (χ3n) is 4.83. The number of aromatic nitrogens is 5. The van der Waals surface area contributed by atoms with Crippen molar-refractivity contribution in [1.82, 2.24) is 24.1 Å². The fourth-order valence-corrected chi connectivity index (χ4v) is 4.17. The summed E-state index contributed by atoms with van der Waals surface area (Å²) in [6, 6.07) is 2.31. The Hall–Kier alpha value is -3.85. The van der Waals surface area contributed by atoms with Crippen LogP contribution < -0.4 is 19.3 Å². The van der Waals surface area contributed by atoms with E-state index in [1.54, 1.807) is 13.2 Å². The number of rotatable bonds is 7. The van der Waals surface area contributed by atoms with Gasteiger partial charge in [-0.1, -0.05) is 0 Å². The molecular weight excluding hydrogens is 481 g/mol. The molecule has 3 aromatic heterocycles. The van der Waals surface area contributed by atoms with E-state index >= 15 is 4.39 Å². The Morgan fingerprint density at radius 2 is 1.76 bits per heavy atom. The molecule has 0 saturated heterocycles. The highest BCUT2D eigenvalue weighted by Gasteiger charge is 2.28. The highest BCUT2D eigenvalue weighted by molar-refractivity contribution is 7.89. The Kier molecular flexibility index (Phi) is 5.82. The molecule has 0 aliphatic heterocycles. The van der Waals surface area contributed by atoms with Crippen molar-refractivity contribution >= 4 is 20.9 Å². The van der Waals surface area contributed by atoms with Crippen LogP contribution in [0.4, 0.5) is 13.2 Å². The van der Waals surface area contributed by atoms with Gasteiger partial charge in [0.2, 0.25) is 21.7 Å². The lowest BCUT2D eigenvalue weighted by molar-refractivity contribution is -0.0534. The average molecular weight is 498 g/mol. The van der Waals surface area contributed by atoms with Crippen LogP contribution in [-0.2, 0) is 17.1 Å². The van der Waals surface area contributed by atoms with Gasteiger partial charge in [-0.15, -0.1) is 0 Å². The number of ether oxygens (including phenoxy) is 3. The lowest BCUT2D eigenvalue weighted by Crippen LogP contribution is -2.12. The Labute approximate surface area is 190 Å². The first-order valence-electron chi connectivity index (χ1n) is 9.36. The summed E-state index contributed by atoms with van der Waals surface area (Å²) in [7, 11) is -0.384. The highest BCUT2D eigenvalue weighted by atomic mass is 32.2. The number of methoxy groups -OCH3 is 2. The van der Waals surface area contributed by atoms with E-state index in [-0.39, 0.29) is 33.1 Å². The van der Waals surface area contributed by atoms with Crippen molar-refractivity contribution in [2.75, 3.05) is 14.2 Å². The van der Waals surface area contributed by atoms with E-state index in [1.165, 1.54) is 16.8 Å². The minimum absolute atomic E-state index is 0.00459. The van der Waals surface area contributed by atoms with E-state index in [0.717, 1.165) is 31.0 Å². The molecule has 34 heavy (non-hydrogen) atoms. The molecule has 0 aliphatic carbocycles. The largest absolute Gasteiger partial charge is 0.478 e. The minimum atomic E-state index is -4.29. The van der Waals surface area contributed by atoms with Gasteiger partial charge in [0.25, 0.3) is 11.8 Å². The number of primary sulfonamides is 1. The molecule has 4 aromatic rings. The van der Waals surface area contributed by atoms with Crippen molar-refractivity contribution in [2.45, 2.75) is 11.5 Å². The van der Waals surface area contributed by atoms with E-state index in [4.69, 9.17) is 14.6 Å². The maximum Gasteiger partial charge on any atom is 0.387 e. The van der Waals surface area contributed by atoms with Gasteiger partial charge in [0.05, 0.1) is 25.3 Å². The molecule has 2 N–H and O–H groups in total. The van der Waals surface area contributed by atoms with Gasteiger partial charge in [0.1, 0.15) is 16.5 Å². The Bertz CT molecular complexity index is 1480. The van der Waals surface area contributed by atoms with Crippen LogP contribution in [-0.4, -0.2) is 53.3 Å². The van der Waals surface area contributed by atoms with Crippen LogP contribution in [0.1, 0.15) is 0 Å². The molecule has 4 rings (SSSR count). The summed E-state index contributed by atoms with van der Waals surface area (Å²) in [5.41, 5.74) is -0.0701. The minimum Gasteiger partial charge on any atom is -0.478 e. The van der Waals surface area contributed by atoms with Crippen molar-refractivity contribution in [1.29, 1.82) is 0 Å². The first kappa shape index (κ1) is 23.3. The molecule has 3 heterocycles. The van der Waals surface area contributed by atoms with Crippen LogP contribution in [0.15, 0.2) is 35.6 Å². The maximum absolute atomic E-state index is 15.1. The lowest BCUT2D eigenvalue weighted by atomic mass is 10.1. The van der Waals surface area contributed by atoms with Gasteiger partial charge in [-0.2, -0.15) is 18.7 Å². The van der Waals surface area contributed by atoms with E-state index < -0.39 is 40.0 Å². The molecule has 180 valence electrons. The van der Waals surface area contributed by atoms with Crippen molar-refractivity contribution < 1.29 is 35.8 Å². The standard InChI is InChI=1S/C19H17F3N6O5S/c1-27-7-6-24-15(27)12-10(20)5-4-9-11(34(23,29)30)8-28(13(9)12)19-25-16(31-2)14(33-18(21)22)17(26-19)32-3/h4-8,18H,1-3H3,(H2,23,29,30). The van der Waals surface area contributed by atoms with Crippen LogP contribution in [0, 0.1) is 5.82 Å². The molecule has 0 unspecified atom stereocenters. The van der Waals surface area contributed by atoms with Gasteiger partial charge >= 0.3 is 6.61 Å². The number of hydrogen-bond acceptors (Lipinski definition) is 8. The summed E-state index contributed by atoms with van der Waals surface area (Å²) in [5, 5.41) is 5.45. The normalized spacial score (nSPS) is 11.9. The smallest absolute Gasteiger partial charge is 0.387 e. The number of nitrogens with zero attached hydrogens (tertiary/aromatic N) is 5. The summed E-state index contributed by atoms with van der Waals surface area (Å²) in [6.45, 7) is -3.23. The number of halogens is 3. The number of benzene rings is 1. The third-order valence-corrected chi connectivity index (χ3v) is 5.77. The Morgan fingerprint density at radius 1 is 1.12 bits per heavy atom. The second kappa shape index (κ2) is 8.49. The SMILES string of the molecule is COc1nc(-n2cc(S(N)(=O)=O)c3ccc(F)c(-c4nccn4C)c32)nc(OC)c1OC(F)F. The van der Waals surface area contributed by atoms with Crippen LogP contribution in [0.25, 0.3) is 28.2 Å². The zero-order valence-electron chi connectivity index (χ0n) is 17.9. The van der Waals surface area contributed by atoms with Gasteiger partial charge < -0.3 is 18.8 Å². The number of aryl methyl sites for hydroxylation is 1. The molecule has 15 heteroatoms. The first-order valence-corrected chi connectivity index (χ1v) is 10.9. The molecule has 0 fully saturated rings. The van der Waals surface area contributed by atoms with Gasteiger partial charge in [-0.05, 0) is 12.1 Å². The topological polar surface area (TPSA) is 136 Å². The van der Waals surface area contributed by atoms with E-state index in [0.29, 0.717) is 0 Å². The number of alkyl halides is 2. The average Bonchev–Trinajstić information content (AvgIpc) is 3.37. The van der Waals surface area contributed by atoms with Crippen LogP contribution in [0.2, 0.25) is 0 Å².